The fourth-order valence-electron chi connectivity index (χ4n) is 1.18. The van der Waals surface area contributed by atoms with Gasteiger partial charge in [-0.3, -0.25) is 4.79 Å². The van der Waals surface area contributed by atoms with Crippen LogP contribution in [0.1, 0.15) is 13.8 Å². The van der Waals surface area contributed by atoms with Gasteiger partial charge in [0.25, 0.3) is 0 Å². The lowest BCUT2D eigenvalue weighted by Gasteiger charge is -2.27. The van der Waals surface area contributed by atoms with Crippen LogP contribution in [0.5, 0.6) is 0 Å². The van der Waals surface area contributed by atoms with Crippen LogP contribution < -0.4 is 5.73 Å². The van der Waals surface area contributed by atoms with Gasteiger partial charge in [-0.15, -0.1) is 0 Å². The Bertz CT molecular complexity index is 193. The van der Waals surface area contributed by atoms with Gasteiger partial charge in [0.1, 0.15) is 0 Å². The number of likely N-dealkylation sites (N-methyl/N-ethyl adjacent to an activating group) is 1. The molecule has 0 aliphatic carbocycles. The number of nitrogens with two attached hydrogens (primary N) is 1. The van der Waals surface area contributed by atoms with Gasteiger partial charge in [-0.1, -0.05) is 0 Å². The van der Waals surface area contributed by atoms with Crippen LogP contribution >= 0.6 is 11.8 Å². The standard InChI is InChI=1S/C8H16N2OS/c1-8(2)6(9)7(11)10(3)4-5-12-8/h6H,4-5,9H2,1-3H3/t6-/m0/s1. The Labute approximate surface area is 77.7 Å². The molecule has 70 valence electrons. The maximum Gasteiger partial charge on any atom is 0.240 e. The average molecular weight is 188 g/mol. The van der Waals surface area contributed by atoms with Crippen molar-refractivity contribution in [3.05, 3.63) is 0 Å². The van der Waals surface area contributed by atoms with Gasteiger partial charge in [0.2, 0.25) is 5.91 Å². The van der Waals surface area contributed by atoms with Crippen LogP contribution in [0.4, 0.5) is 0 Å². The highest BCUT2D eigenvalue weighted by Gasteiger charge is 2.36. The highest BCUT2D eigenvalue weighted by Crippen LogP contribution is 2.30. The van der Waals surface area contributed by atoms with Gasteiger partial charge in [0.05, 0.1) is 6.04 Å². The number of hydrogen-bond donors (Lipinski definition) is 1. The Kier molecular flexibility index (Phi) is 2.68. The second-order valence-corrected chi connectivity index (χ2v) is 5.44. The molecular weight excluding hydrogens is 172 g/mol. The molecule has 1 atom stereocenters. The van der Waals surface area contributed by atoms with E-state index < -0.39 is 0 Å². The van der Waals surface area contributed by atoms with Crippen LogP contribution in [0, 0.1) is 0 Å². The number of hydrogen-bond acceptors (Lipinski definition) is 3. The van der Waals surface area contributed by atoms with Gasteiger partial charge in [-0.05, 0) is 13.8 Å². The second-order valence-electron chi connectivity index (χ2n) is 3.69. The summed E-state index contributed by atoms with van der Waals surface area (Å²) in [5, 5.41) is 0. The van der Waals surface area contributed by atoms with E-state index in [-0.39, 0.29) is 16.7 Å². The summed E-state index contributed by atoms with van der Waals surface area (Å²) in [5.74, 6) is 1.04. The third-order valence-electron chi connectivity index (χ3n) is 2.29. The largest absolute Gasteiger partial charge is 0.344 e. The molecule has 1 heterocycles. The summed E-state index contributed by atoms with van der Waals surface area (Å²) in [6.45, 7) is 4.86. The topological polar surface area (TPSA) is 46.3 Å². The molecule has 0 radical (unpaired) electrons. The first-order chi connectivity index (χ1) is 5.45. The van der Waals surface area contributed by atoms with Crippen LogP contribution in [0.25, 0.3) is 0 Å². The van der Waals surface area contributed by atoms with Crippen molar-refractivity contribution < 1.29 is 4.79 Å². The predicted molar refractivity (Wildman–Crippen MR) is 52.1 cm³/mol. The minimum absolute atomic E-state index is 0.0602. The molecule has 4 heteroatoms. The third-order valence-corrected chi connectivity index (χ3v) is 3.68. The van der Waals surface area contributed by atoms with Crippen molar-refractivity contribution in [2.45, 2.75) is 24.6 Å². The summed E-state index contributed by atoms with van der Waals surface area (Å²) in [7, 11) is 1.81. The Morgan fingerprint density at radius 1 is 1.67 bits per heavy atom. The predicted octanol–water partition coefficient (Wildman–Crippen LogP) is 0.297. The van der Waals surface area contributed by atoms with Crippen molar-refractivity contribution in [3.8, 4) is 0 Å². The van der Waals surface area contributed by atoms with Crippen molar-refractivity contribution >= 4 is 17.7 Å². The number of thioether (sulfide) groups is 1. The number of rotatable bonds is 0. The Morgan fingerprint density at radius 2 is 2.25 bits per heavy atom. The molecule has 2 N–H and O–H groups in total. The number of nitrogens with zero attached hydrogens (tertiary/aromatic N) is 1. The van der Waals surface area contributed by atoms with E-state index in [2.05, 4.69) is 0 Å². The van der Waals surface area contributed by atoms with Gasteiger partial charge in [0.15, 0.2) is 0 Å². The molecule has 1 rings (SSSR count). The summed E-state index contributed by atoms with van der Waals surface area (Å²) in [5.41, 5.74) is 5.83. The van der Waals surface area contributed by atoms with Crippen molar-refractivity contribution in [2.24, 2.45) is 5.73 Å². The monoisotopic (exact) mass is 188 g/mol. The molecule has 1 fully saturated rings. The molecule has 1 aliphatic heterocycles. The minimum atomic E-state index is -0.366. The van der Waals surface area contributed by atoms with Gasteiger partial charge in [-0.25, -0.2) is 0 Å². The maximum absolute atomic E-state index is 11.5. The van der Waals surface area contributed by atoms with E-state index in [1.54, 1.807) is 16.7 Å². The first-order valence-corrected chi connectivity index (χ1v) is 5.08. The average Bonchev–Trinajstić information content (AvgIpc) is 2.06. The second kappa shape index (κ2) is 3.26. The number of carbonyl (C=O) groups excluding carboxylic acids is 1. The Hall–Kier alpha value is -0.220. The van der Waals surface area contributed by atoms with Crippen LogP contribution in [0.15, 0.2) is 0 Å². The molecule has 1 aliphatic rings. The van der Waals surface area contributed by atoms with Crippen LogP contribution in [-0.4, -0.2) is 40.9 Å². The summed E-state index contributed by atoms with van der Waals surface area (Å²) < 4.78 is -0.123. The molecule has 0 aromatic rings. The Morgan fingerprint density at radius 3 is 2.83 bits per heavy atom. The molecule has 0 unspecified atom stereocenters. The van der Waals surface area contributed by atoms with E-state index in [1.807, 2.05) is 20.9 Å². The number of carbonyl (C=O) groups is 1. The van der Waals surface area contributed by atoms with Crippen LogP contribution in [0.3, 0.4) is 0 Å². The number of amides is 1. The molecule has 3 nitrogen and oxygen atoms in total. The molecule has 0 bridgehead atoms. The first kappa shape index (κ1) is 9.86. The van der Waals surface area contributed by atoms with E-state index in [0.29, 0.717) is 0 Å². The summed E-state index contributed by atoms with van der Waals surface area (Å²) in [6.07, 6.45) is 0. The molecule has 1 saturated heterocycles. The highest BCUT2D eigenvalue weighted by atomic mass is 32.2. The lowest BCUT2D eigenvalue weighted by atomic mass is 10.0. The zero-order chi connectivity index (χ0) is 9.35. The van der Waals surface area contributed by atoms with E-state index in [0.717, 1.165) is 12.3 Å². The van der Waals surface area contributed by atoms with E-state index in [9.17, 15) is 4.79 Å². The summed E-state index contributed by atoms with van der Waals surface area (Å²) >= 11 is 1.77. The van der Waals surface area contributed by atoms with Crippen molar-refractivity contribution in [1.29, 1.82) is 0 Å². The SMILES string of the molecule is CN1CCSC(C)(C)[C@@H](N)C1=O. The quantitative estimate of drug-likeness (QED) is 0.594. The normalized spacial score (nSPS) is 30.2. The van der Waals surface area contributed by atoms with Gasteiger partial charge in [0, 0.05) is 24.1 Å². The van der Waals surface area contributed by atoms with E-state index in [4.69, 9.17) is 5.73 Å². The lowest BCUT2D eigenvalue weighted by molar-refractivity contribution is -0.131. The van der Waals surface area contributed by atoms with E-state index in [1.165, 1.54) is 0 Å². The maximum atomic E-state index is 11.5. The van der Waals surface area contributed by atoms with Crippen LogP contribution in [-0.2, 0) is 4.79 Å². The highest BCUT2D eigenvalue weighted by molar-refractivity contribution is 8.00. The molecule has 0 aromatic heterocycles. The van der Waals surface area contributed by atoms with Gasteiger partial charge in [-0.2, -0.15) is 11.8 Å². The summed E-state index contributed by atoms with van der Waals surface area (Å²) in [4.78, 5) is 13.3. The van der Waals surface area contributed by atoms with Crippen molar-refractivity contribution in [3.63, 3.8) is 0 Å². The van der Waals surface area contributed by atoms with E-state index >= 15 is 0 Å². The molecule has 1 amide bonds. The van der Waals surface area contributed by atoms with Crippen molar-refractivity contribution in [1.82, 2.24) is 4.90 Å². The minimum Gasteiger partial charge on any atom is -0.344 e. The zero-order valence-electron chi connectivity index (χ0n) is 7.83. The molecule has 0 spiro atoms. The van der Waals surface area contributed by atoms with Crippen LogP contribution in [0.2, 0.25) is 0 Å². The van der Waals surface area contributed by atoms with Gasteiger partial charge < -0.3 is 10.6 Å². The fourth-order valence-corrected chi connectivity index (χ4v) is 2.35. The lowest BCUT2D eigenvalue weighted by Crippen LogP contribution is -2.50. The smallest absolute Gasteiger partial charge is 0.240 e. The molecule has 12 heavy (non-hydrogen) atoms. The Balaban J connectivity index is 2.81. The first-order valence-electron chi connectivity index (χ1n) is 4.09. The zero-order valence-corrected chi connectivity index (χ0v) is 8.65. The summed E-state index contributed by atoms with van der Waals surface area (Å²) in [6, 6.07) is -0.366. The van der Waals surface area contributed by atoms with Gasteiger partial charge >= 0.3 is 0 Å². The molecular formula is C8H16N2OS. The molecule has 0 aromatic carbocycles. The van der Waals surface area contributed by atoms with Crippen molar-refractivity contribution in [2.75, 3.05) is 19.3 Å². The fraction of sp³-hybridized carbons (Fsp3) is 0.875. The molecule has 0 saturated carbocycles. The third kappa shape index (κ3) is 1.75.